The quantitative estimate of drug-likeness (QED) is 0.327. The number of nitrogens with zero attached hydrogens (tertiary/aromatic N) is 2. The number of carbonyl (C=O) groups excluding carboxylic acids is 1. The van der Waals surface area contributed by atoms with Crippen LogP contribution in [-0.4, -0.2) is 36.1 Å². The SMILES string of the molecule is CCCCOc1ccc(S(=O)(=O)c2ccc(CNC(=O)c3cnc4[nH]ncc4c3)cc2)cc1Cl. The average Bonchev–Trinajstić information content (AvgIpc) is 3.32. The Morgan fingerprint density at radius 2 is 1.85 bits per heavy atom. The summed E-state index contributed by atoms with van der Waals surface area (Å²) in [6, 6.07) is 12.5. The van der Waals surface area contributed by atoms with E-state index in [1.165, 1.54) is 30.5 Å². The second-order valence-corrected chi connectivity index (χ2v) is 10.0. The normalized spacial score (nSPS) is 11.5. The fourth-order valence-electron chi connectivity index (χ4n) is 3.26. The number of nitrogens with one attached hydrogen (secondary N) is 2. The molecule has 2 aromatic carbocycles. The standard InChI is InChI=1S/C24H23ClN4O4S/c1-2-3-10-33-22-9-8-20(12-21(22)25)34(31,32)19-6-4-16(5-7-19)13-27-24(30)18-11-17-15-28-29-23(17)26-14-18/h4-9,11-12,14-15H,2-3,10,13H2,1H3,(H,27,30)(H,26,28,29). The smallest absolute Gasteiger partial charge is 0.253 e. The maximum absolute atomic E-state index is 13.0. The van der Waals surface area contributed by atoms with Crippen LogP contribution in [0.1, 0.15) is 35.7 Å². The number of aromatic nitrogens is 3. The third-order valence-corrected chi connectivity index (χ3v) is 7.27. The maximum Gasteiger partial charge on any atom is 0.253 e. The van der Waals surface area contributed by atoms with E-state index in [-0.39, 0.29) is 27.3 Å². The average molecular weight is 499 g/mol. The summed E-state index contributed by atoms with van der Waals surface area (Å²) in [5.74, 6) is 0.172. The highest BCUT2D eigenvalue weighted by atomic mass is 35.5. The summed E-state index contributed by atoms with van der Waals surface area (Å²) < 4.78 is 31.6. The first-order chi connectivity index (χ1) is 16.4. The molecule has 34 heavy (non-hydrogen) atoms. The molecule has 0 radical (unpaired) electrons. The highest BCUT2D eigenvalue weighted by Crippen LogP contribution is 2.30. The van der Waals surface area contributed by atoms with Gasteiger partial charge in [0.1, 0.15) is 5.75 Å². The van der Waals surface area contributed by atoms with E-state index in [4.69, 9.17) is 16.3 Å². The second-order valence-electron chi connectivity index (χ2n) is 7.66. The molecule has 2 heterocycles. The van der Waals surface area contributed by atoms with Crippen molar-refractivity contribution in [1.82, 2.24) is 20.5 Å². The number of fused-ring (bicyclic) bond motifs is 1. The summed E-state index contributed by atoms with van der Waals surface area (Å²) >= 11 is 6.23. The molecule has 0 saturated heterocycles. The molecule has 2 N–H and O–H groups in total. The number of sulfone groups is 1. The molecule has 0 aliphatic carbocycles. The van der Waals surface area contributed by atoms with E-state index >= 15 is 0 Å². The van der Waals surface area contributed by atoms with Gasteiger partial charge in [0.15, 0.2) is 5.65 Å². The molecule has 4 rings (SSSR count). The van der Waals surface area contributed by atoms with Gasteiger partial charge in [0.05, 0.1) is 33.2 Å². The van der Waals surface area contributed by atoms with Crippen LogP contribution in [0.4, 0.5) is 0 Å². The molecule has 0 bridgehead atoms. The lowest BCUT2D eigenvalue weighted by molar-refractivity contribution is 0.0950. The molecule has 176 valence electrons. The van der Waals surface area contributed by atoms with E-state index in [1.807, 2.05) is 0 Å². The minimum atomic E-state index is -3.75. The number of aromatic amines is 1. The molecule has 0 fully saturated rings. The Hall–Kier alpha value is -3.43. The minimum Gasteiger partial charge on any atom is -0.492 e. The van der Waals surface area contributed by atoms with Crippen LogP contribution in [0.3, 0.4) is 0 Å². The Balaban J connectivity index is 1.42. The molecule has 1 amide bonds. The van der Waals surface area contributed by atoms with Gasteiger partial charge in [-0.05, 0) is 48.4 Å². The van der Waals surface area contributed by atoms with Crippen molar-refractivity contribution >= 4 is 38.4 Å². The van der Waals surface area contributed by atoms with Gasteiger partial charge >= 0.3 is 0 Å². The Labute approximate surface area is 202 Å². The van der Waals surface area contributed by atoms with Gasteiger partial charge in [0, 0.05) is 18.1 Å². The number of amides is 1. The van der Waals surface area contributed by atoms with Crippen LogP contribution < -0.4 is 10.1 Å². The summed E-state index contributed by atoms with van der Waals surface area (Å²) in [7, 11) is -3.75. The highest BCUT2D eigenvalue weighted by molar-refractivity contribution is 7.91. The van der Waals surface area contributed by atoms with E-state index in [9.17, 15) is 13.2 Å². The van der Waals surface area contributed by atoms with Crippen molar-refractivity contribution in [2.24, 2.45) is 0 Å². The lowest BCUT2D eigenvalue weighted by atomic mass is 10.2. The molecule has 4 aromatic rings. The van der Waals surface area contributed by atoms with Gasteiger partial charge in [-0.1, -0.05) is 37.1 Å². The molecular weight excluding hydrogens is 476 g/mol. The monoisotopic (exact) mass is 498 g/mol. The topological polar surface area (TPSA) is 114 Å². The van der Waals surface area contributed by atoms with Crippen LogP contribution in [-0.2, 0) is 16.4 Å². The first-order valence-electron chi connectivity index (χ1n) is 10.7. The molecule has 0 aliphatic rings. The molecule has 2 aromatic heterocycles. The highest BCUT2D eigenvalue weighted by Gasteiger charge is 2.19. The Kier molecular flexibility index (Phi) is 7.14. The fourth-order valence-corrected chi connectivity index (χ4v) is 4.85. The Morgan fingerprint density at radius 1 is 1.09 bits per heavy atom. The zero-order valence-electron chi connectivity index (χ0n) is 18.4. The molecule has 10 heteroatoms. The lowest BCUT2D eigenvalue weighted by Gasteiger charge is -2.11. The summed E-state index contributed by atoms with van der Waals surface area (Å²) in [6.45, 7) is 2.81. The van der Waals surface area contributed by atoms with Crippen LogP contribution in [0.2, 0.25) is 5.02 Å². The van der Waals surface area contributed by atoms with Gasteiger partial charge in [-0.15, -0.1) is 0 Å². The summed E-state index contributed by atoms with van der Waals surface area (Å²) in [5.41, 5.74) is 1.77. The number of hydrogen-bond donors (Lipinski definition) is 2. The van der Waals surface area contributed by atoms with E-state index in [1.54, 1.807) is 30.5 Å². The molecule has 8 nitrogen and oxygen atoms in total. The minimum absolute atomic E-state index is 0.0866. The van der Waals surface area contributed by atoms with Crippen molar-refractivity contribution in [2.75, 3.05) is 6.61 Å². The number of hydrogen-bond acceptors (Lipinski definition) is 6. The van der Waals surface area contributed by atoms with Crippen molar-refractivity contribution in [3.05, 3.63) is 77.1 Å². The lowest BCUT2D eigenvalue weighted by Crippen LogP contribution is -2.22. The number of H-pyrrole nitrogens is 1. The van der Waals surface area contributed by atoms with Gasteiger partial charge in [0.2, 0.25) is 9.84 Å². The van der Waals surface area contributed by atoms with Gasteiger partial charge in [-0.3, -0.25) is 9.89 Å². The van der Waals surface area contributed by atoms with Crippen LogP contribution in [0.15, 0.2) is 70.7 Å². The zero-order valence-corrected chi connectivity index (χ0v) is 20.0. The van der Waals surface area contributed by atoms with Gasteiger partial charge in [-0.25, -0.2) is 13.4 Å². The molecule has 0 aliphatic heterocycles. The predicted molar refractivity (Wildman–Crippen MR) is 129 cm³/mol. The summed E-state index contributed by atoms with van der Waals surface area (Å²) in [6.07, 6.45) is 4.94. The Bertz CT molecular complexity index is 1420. The number of carbonyl (C=O) groups is 1. The van der Waals surface area contributed by atoms with Crippen molar-refractivity contribution in [1.29, 1.82) is 0 Å². The van der Waals surface area contributed by atoms with Crippen LogP contribution in [0.25, 0.3) is 11.0 Å². The third-order valence-electron chi connectivity index (χ3n) is 5.21. The maximum atomic E-state index is 13.0. The molecular formula is C24H23ClN4O4S. The Morgan fingerprint density at radius 3 is 2.59 bits per heavy atom. The van der Waals surface area contributed by atoms with Crippen LogP contribution in [0, 0.1) is 0 Å². The largest absolute Gasteiger partial charge is 0.492 e. The number of pyridine rings is 1. The van der Waals surface area contributed by atoms with Gasteiger partial charge in [0.25, 0.3) is 5.91 Å². The van der Waals surface area contributed by atoms with E-state index in [0.717, 1.165) is 23.8 Å². The number of ether oxygens (including phenoxy) is 1. The fraction of sp³-hybridized carbons (Fsp3) is 0.208. The summed E-state index contributed by atoms with van der Waals surface area (Å²) in [5, 5.41) is 10.4. The second kappa shape index (κ2) is 10.2. The van der Waals surface area contributed by atoms with Gasteiger partial charge < -0.3 is 10.1 Å². The predicted octanol–water partition coefficient (Wildman–Crippen LogP) is 4.55. The van der Waals surface area contributed by atoms with E-state index in [2.05, 4.69) is 27.4 Å². The van der Waals surface area contributed by atoms with Crippen molar-refractivity contribution in [3.8, 4) is 5.75 Å². The summed E-state index contributed by atoms with van der Waals surface area (Å²) in [4.78, 5) is 16.8. The number of unbranched alkanes of at least 4 members (excludes halogenated alkanes) is 1. The van der Waals surface area contributed by atoms with Crippen molar-refractivity contribution < 1.29 is 17.9 Å². The number of halogens is 1. The third kappa shape index (κ3) is 5.21. The molecule has 0 unspecified atom stereocenters. The van der Waals surface area contributed by atoms with E-state index in [0.29, 0.717) is 23.6 Å². The number of benzene rings is 2. The van der Waals surface area contributed by atoms with Crippen molar-refractivity contribution in [2.45, 2.75) is 36.1 Å². The van der Waals surface area contributed by atoms with Crippen LogP contribution in [0.5, 0.6) is 5.75 Å². The molecule has 0 atom stereocenters. The molecule has 0 spiro atoms. The van der Waals surface area contributed by atoms with Gasteiger partial charge in [-0.2, -0.15) is 5.10 Å². The molecule has 0 saturated carbocycles. The van der Waals surface area contributed by atoms with E-state index < -0.39 is 9.84 Å². The van der Waals surface area contributed by atoms with Crippen LogP contribution >= 0.6 is 11.6 Å². The number of rotatable bonds is 9. The van der Waals surface area contributed by atoms with Crippen molar-refractivity contribution in [3.63, 3.8) is 0 Å². The zero-order chi connectivity index (χ0) is 24.1. The first-order valence-corrected chi connectivity index (χ1v) is 12.6. The first kappa shape index (κ1) is 23.7.